The van der Waals surface area contributed by atoms with Gasteiger partial charge < -0.3 is 19.6 Å². The molecule has 0 fully saturated rings. The highest BCUT2D eigenvalue weighted by atomic mass is 35.5. The Hall–Kier alpha value is -13.9. The van der Waals surface area contributed by atoms with Crippen molar-refractivity contribution in [2.24, 2.45) is 0 Å². The third-order valence-electron chi connectivity index (χ3n) is 24.4. The molecule has 624 valence electrons. The third-order valence-corrected chi connectivity index (χ3v) is 31.3. The van der Waals surface area contributed by atoms with Gasteiger partial charge in [0.15, 0.2) is 0 Å². The van der Waals surface area contributed by atoms with Crippen molar-refractivity contribution in [2.75, 3.05) is 19.6 Å². The number of hydrogen-bond donors (Lipinski definition) is 0. The summed E-state index contributed by atoms with van der Waals surface area (Å²) in [5, 5.41) is 25.6. The van der Waals surface area contributed by atoms with Gasteiger partial charge in [-0.3, -0.25) is 0 Å². The van der Waals surface area contributed by atoms with Crippen LogP contribution < -0.4 is 19.6 Å². The fraction of sp³-hybridized carbons (Fsp3) is 0. The van der Waals surface area contributed by atoms with Gasteiger partial charge in [-0.1, -0.05) is 301 Å². The Kier molecular flexibility index (Phi) is 21.9. The summed E-state index contributed by atoms with van der Waals surface area (Å²) in [6, 6.07) is 159. The topological polar surface area (TPSA) is 13.0 Å². The van der Waals surface area contributed by atoms with Gasteiger partial charge >= 0.3 is 0 Å². The van der Waals surface area contributed by atoms with Crippen LogP contribution in [0.25, 0.3) is 144 Å². The molecular weight excluding hydrogens is 1780 g/mol. The van der Waals surface area contributed by atoms with E-state index < -0.39 is 0 Å². The first kappa shape index (κ1) is 81.6. The molecule has 0 saturated carbocycles. The minimum absolute atomic E-state index is 0.777. The molecule has 26 aromatic rings. The van der Waals surface area contributed by atoms with Crippen LogP contribution >= 0.6 is 103 Å². The van der Waals surface area contributed by atoms with Gasteiger partial charge in [0.25, 0.3) is 0 Å². The van der Waals surface area contributed by atoms with Crippen molar-refractivity contribution in [3.8, 4) is 0 Å². The van der Waals surface area contributed by atoms with E-state index in [-0.39, 0.29) is 0 Å². The van der Waals surface area contributed by atoms with Crippen molar-refractivity contribution in [3.63, 3.8) is 0 Å². The molecule has 0 unspecified atom stereocenters. The fourth-order valence-corrected chi connectivity index (χ4v) is 25.6. The van der Waals surface area contributed by atoms with Gasteiger partial charge in [0.05, 0.1) is 11.4 Å². The van der Waals surface area contributed by atoms with Gasteiger partial charge in [-0.25, -0.2) is 0 Å². The SMILES string of the molecule is Clc1cc2sc3ccc(N(c4ccccc4)c4ccc5sc6ccccc6c5c4)cc3c2c2ccccc12.Clc1cc2sc3ccc(N(c4ccccc4)c4ccccc4)cc3c2c2ccccc12.Clc1ccc2c(c1)sc1c3cccc(N(c4ccccc4)c4ccccc4)c3ccc21.Clc1ccc2c(c1)sc1c3ccccc3c(N(c3ccccc3)c3ccccc3)cc21. The molecule has 0 atom stereocenters. The highest BCUT2D eigenvalue weighted by Gasteiger charge is 2.25. The summed E-state index contributed by atoms with van der Waals surface area (Å²) < 4.78 is 12.7. The molecule has 0 spiro atoms. The summed E-state index contributed by atoms with van der Waals surface area (Å²) in [6.07, 6.45) is 0. The molecule has 0 N–H and O–H groups in total. The molecule has 0 radical (unpaired) electrons. The second kappa shape index (κ2) is 35.2. The van der Waals surface area contributed by atoms with Crippen LogP contribution in [0.15, 0.2) is 449 Å². The van der Waals surface area contributed by atoms with E-state index in [1.807, 2.05) is 52.2 Å². The molecule has 131 heavy (non-hydrogen) atoms. The highest BCUT2D eigenvalue weighted by molar-refractivity contribution is 7.28. The minimum Gasteiger partial charge on any atom is -0.310 e. The Morgan fingerprint density at radius 3 is 0.885 bits per heavy atom. The predicted octanol–water partition coefficient (Wildman–Crippen LogP) is 39.7. The Morgan fingerprint density at radius 2 is 0.435 bits per heavy atom. The van der Waals surface area contributed by atoms with Crippen LogP contribution in [0, 0.1) is 0 Å². The van der Waals surface area contributed by atoms with Crippen molar-refractivity contribution in [3.05, 3.63) is 469 Å². The van der Waals surface area contributed by atoms with E-state index in [1.165, 1.54) is 145 Å². The number of halogens is 4. The van der Waals surface area contributed by atoms with E-state index in [1.54, 1.807) is 22.7 Å². The maximum atomic E-state index is 6.68. The van der Waals surface area contributed by atoms with Crippen molar-refractivity contribution < 1.29 is 0 Å². The quantitative estimate of drug-likeness (QED) is 0.121. The van der Waals surface area contributed by atoms with Crippen LogP contribution in [0.3, 0.4) is 0 Å². The Morgan fingerprint density at radius 1 is 0.145 bits per heavy atom. The normalized spacial score (nSPS) is 11.5. The van der Waals surface area contributed by atoms with Crippen LogP contribution in [0.4, 0.5) is 68.2 Å². The van der Waals surface area contributed by atoms with Crippen LogP contribution in [0.1, 0.15) is 0 Å². The summed E-state index contributed by atoms with van der Waals surface area (Å²) in [6.45, 7) is 0. The van der Waals surface area contributed by atoms with E-state index >= 15 is 0 Å². The highest BCUT2D eigenvalue weighted by Crippen LogP contribution is 2.52. The lowest BCUT2D eigenvalue weighted by Crippen LogP contribution is -2.10. The van der Waals surface area contributed by atoms with Crippen LogP contribution in [-0.4, -0.2) is 0 Å². The first-order chi connectivity index (χ1) is 64.6. The van der Waals surface area contributed by atoms with Gasteiger partial charge in [0, 0.05) is 210 Å². The fourth-order valence-electron chi connectivity index (χ4n) is 18.6. The van der Waals surface area contributed by atoms with Gasteiger partial charge in [0.2, 0.25) is 0 Å². The second-order valence-electron chi connectivity index (χ2n) is 32.2. The molecule has 0 saturated heterocycles. The number of para-hydroxylation sites is 7. The molecule has 26 rings (SSSR count). The molecule has 5 aromatic heterocycles. The number of anilines is 12. The monoisotopic (exact) mass is 1850 g/mol. The molecule has 0 aliphatic rings. The maximum absolute atomic E-state index is 6.68. The van der Waals surface area contributed by atoms with Crippen molar-refractivity contribution >= 4 is 315 Å². The zero-order valence-electron chi connectivity index (χ0n) is 70.1. The van der Waals surface area contributed by atoms with E-state index in [0.717, 1.165) is 87.7 Å². The average Bonchev–Trinajstić information content (AvgIpc) is 1.49. The number of rotatable bonds is 12. The van der Waals surface area contributed by atoms with Crippen molar-refractivity contribution in [1.82, 2.24) is 0 Å². The molecule has 5 heterocycles. The van der Waals surface area contributed by atoms with E-state index in [9.17, 15) is 0 Å². The molecule has 21 aromatic carbocycles. The van der Waals surface area contributed by atoms with Crippen LogP contribution in [0.5, 0.6) is 0 Å². The third kappa shape index (κ3) is 15.3. The summed E-state index contributed by atoms with van der Waals surface area (Å²) >= 11 is 34.9. The first-order valence-electron chi connectivity index (χ1n) is 43.2. The summed E-state index contributed by atoms with van der Waals surface area (Å²) in [5.74, 6) is 0. The molecule has 0 aliphatic carbocycles. The van der Waals surface area contributed by atoms with Gasteiger partial charge in [-0.15, -0.1) is 56.7 Å². The Bertz CT molecular complexity index is 8680. The zero-order chi connectivity index (χ0) is 87.6. The van der Waals surface area contributed by atoms with Crippen LogP contribution in [-0.2, 0) is 0 Å². The maximum Gasteiger partial charge on any atom is 0.0547 e. The average molecular weight is 1850 g/mol. The second-order valence-corrected chi connectivity index (χ2v) is 39.2. The number of hydrogen-bond acceptors (Lipinski definition) is 9. The molecule has 4 nitrogen and oxygen atoms in total. The first-order valence-corrected chi connectivity index (χ1v) is 48.8. The zero-order valence-corrected chi connectivity index (χ0v) is 77.2. The van der Waals surface area contributed by atoms with Crippen molar-refractivity contribution in [2.45, 2.75) is 0 Å². The molecule has 0 amide bonds. The number of thiophene rings is 5. The summed E-state index contributed by atoms with van der Waals surface area (Å²) in [7, 11) is 0. The summed E-state index contributed by atoms with van der Waals surface area (Å²) in [5.41, 5.74) is 13.8. The predicted molar refractivity (Wildman–Crippen MR) is 579 cm³/mol. The molecule has 13 heteroatoms. The van der Waals surface area contributed by atoms with Gasteiger partial charge in [0.1, 0.15) is 0 Å². The van der Waals surface area contributed by atoms with E-state index in [2.05, 4.69) is 450 Å². The van der Waals surface area contributed by atoms with E-state index in [0.29, 0.717) is 0 Å². The number of nitrogens with zero attached hydrogens (tertiary/aromatic N) is 4. The number of benzene rings is 21. The largest absolute Gasteiger partial charge is 0.310 e. The van der Waals surface area contributed by atoms with Crippen molar-refractivity contribution in [1.29, 1.82) is 0 Å². The molecular formula is C118H74Cl4N4S5. The lowest BCUT2D eigenvalue weighted by Gasteiger charge is -2.27. The van der Waals surface area contributed by atoms with E-state index in [4.69, 9.17) is 46.4 Å². The lowest BCUT2D eigenvalue weighted by atomic mass is 10.0. The summed E-state index contributed by atoms with van der Waals surface area (Å²) in [4.78, 5) is 9.35. The Balaban J connectivity index is 0.0000000997. The molecule has 0 aliphatic heterocycles. The standard InChI is InChI=1S/C34H20ClNS2.3C28H18ClNS/c35-29-20-33-34(26-12-5-4-10-24(26)29)28-19-23(15-17-32(28)38-33)36(21-8-2-1-3-9-21)22-14-16-31-27(18-22)25-11-6-7-13-30(25)37-31;29-19-15-16-23-25-18-26(22-13-7-8-14-24(22)28(25)31-27(23)17-19)30(20-9-3-1-4-10-20)21-11-5-2-6-12-21;29-25-18-27-28(23-14-8-7-13-22(23)25)24-17-21(15-16-26(24)31-27)30(19-9-3-1-4-10-19)20-11-5-2-6-12-20;29-19-14-15-23-25-17-16-22-24(28(25)31-27(23)18-19)12-7-13-26(22)30(20-8-3-1-4-9-20)21-10-5-2-6-11-21/h1-20H;3*1-18H. The smallest absolute Gasteiger partial charge is 0.0547 e. The van der Waals surface area contributed by atoms with Crippen LogP contribution in [0.2, 0.25) is 20.1 Å². The van der Waals surface area contributed by atoms with Gasteiger partial charge in [-0.2, -0.15) is 0 Å². The Labute approximate surface area is 796 Å². The molecule has 0 bridgehead atoms. The number of fused-ring (bicyclic) bond motifs is 23. The minimum atomic E-state index is 0.777. The van der Waals surface area contributed by atoms with Gasteiger partial charge in [-0.05, 0) is 205 Å². The lowest BCUT2D eigenvalue weighted by molar-refractivity contribution is 1.29.